The van der Waals surface area contributed by atoms with Gasteiger partial charge >= 0.3 is 5.97 Å². The number of carbonyl (C=O) groups excluding carboxylic acids is 2. The summed E-state index contributed by atoms with van der Waals surface area (Å²) < 4.78 is 10.3. The number of nitrogens with zero attached hydrogens (tertiary/aromatic N) is 2. The fourth-order valence-corrected chi connectivity index (χ4v) is 2.28. The smallest absolute Gasteiger partial charge is 0.376 e. The number of ether oxygens (including phenoxy) is 1. The number of amides is 1. The second-order valence-corrected chi connectivity index (χ2v) is 5.82. The number of anilines is 1. The number of allylic oxidation sites excluding steroid dienone is 1. The van der Waals surface area contributed by atoms with Crippen LogP contribution in [0.15, 0.2) is 41.3 Å². The van der Waals surface area contributed by atoms with Crippen LogP contribution in [0.4, 0.5) is 5.69 Å². The quantitative estimate of drug-likeness (QED) is 0.578. The fraction of sp³-hybridized carbons (Fsp3) is 0.316. The van der Waals surface area contributed by atoms with Crippen molar-refractivity contribution in [3.63, 3.8) is 0 Å². The Kier molecular flexibility index (Phi) is 6.54. The Bertz CT molecular complexity index is 779. The molecule has 0 spiro atoms. The largest absolute Gasteiger partial charge is 0.463 e. The summed E-state index contributed by atoms with van der Waals surface area (Å²) in [6, 6.07) is 7.54. The summed E-state index contributed by atoms with van der Waals surface area (Å²) in [5.74, 6) is -0.502. The summed E-state index contributed by atoms with van der Waals surface area (Å²) in [7, 11) is 5.16. The average molecular weight is 357 g/mol. The molecule has 0 atom stereocenters. The van der Waals surface area contributed by atoms with Gasteiger partial charge in [-0.25, -0.2) is 9.78 Å². The number of hydrogen-bond donors (Lipinski definition) is 1. The van der Waals surface area contributed by atoms with E-state index in [9.17, 15) is 9.59 Å². The SMILES string of the molecule is C=CCCC(=O)NCc1nc(-c2ccc(N(C)C)cc2)c(C(=O)OC)o1. The van der Waals surface area contributed by atoms with E-state index in [-0.39, 0.29) is 24.1 Å². The first-order valence-corrected chi connectivity index (χ1v) is 8.19. The molecule has 0 saturated carbocycles. The normalized spacial score (nSPS) is 10.3. The zero-order chi connectivity index (χ0) is 19.1. The van der Waals surface area contributed by atoms with Gasteiger partial charge in [-0.3, -0.25) is 4.79 Å². The third kappa shape index (κ3) is 4.72. The molecule has 7 heteroatoms. The molecule has 1 aromatic carbocycles. The van der Waals surface area contributed by atoms with Gasteiger partial charge in [0.1, 0.15) is 5.69 Å². The monoisotopic (exact) mass is 357 g/mol. The molecule has 2 aromatic rings. The van der Waals surface area contributed by atoms with Gasteiger partial charge in [0.15, 0.2) is 0 Å². The van der Waals surface area contributed by atoms with E-state index in [1.807, 2.05) is 43.3 Å². The first-order valence-electron chi connectivity index (χ1n) is 8.19. The Hall–Kier alpha value is -3.09. The zero-order valence-electron chi connectivity index (χ0n) is 15.2. The molecule has 26 heavy (non-hydrogen) atoms. The fourth-order valence-electron chi connectivity index (χ4n) is 2.28. The van der Waals surface area contributed by atoms with Crippen LogP contribution in [-0.2, 0) is 16.1 Å². The molecule has 138 valence electrons. The molecule has 2 rings (SSSR count). The van der Waals surface area contributed by atoms with Crippen molar-refractivity contribution < 1.29 is 18.7 Å². The Balaban J connectivity index is 2.24. The van der Waals surface area contributed by atoms with Gasteiger partial charge in [0.25, 0.3) is 0 Å². The van der Waals surface area contributed by atoms with E-state index in [1.54, 1.807) is 6.08 Å². The molecule has 0 radical (unpaired) electrons. The van der Waals surface area contributed by atoms with E-state index in [0.29, 0.717) is 18.5 Å². The van der Waals surface area contributed by atoms with E-state index in [0.717, 1.165) is 11.3 Å². The molecular formula is C19H23N3O4. The minimum Gasteiger partial charge on any atom is -0.463 e. The van der Waals surface area contributed by atoms with Gasteiger partial charge in [0, 0.05) is 31.8 Å². The molecule has 0 aliphatic heterocycles. The van der Waals surface area contributed by atoms with E-state index in [1.165, 1.54) is 7.11 Å². The Labute approximate surface area is 152 Å². The van der Waals surface area contributed by atoms with Gasteiger partial charge in [0.05, 0.1) is 13.7 Å². The summed E-state index contributed by atoms with van der Waals surface area (Å²) in [4.78, 5) is 30.0. The summed E-state index contributed by atoms with van der Waals surface area (Å²) in [6.45, 7) is 3.67. The molecule has 0 fully saturated rings. The highest BCUT2D eigenvalue weighted by atomic mass is 16.5. The predicted molar refractivity (Wildman–Crippen MR) is 98.9 cm³/mol. The van der Waals surface area contributed by atoms with Gasteiger partial charge in [-0.15, -0.1) is 6.58 Å². The van der Waals surface area contributed by atoms with Gasteiger partial charge in [0.2, 0.25) is 17.6 Å². The van der Waals surface area contributed by atoms with Crippen LogP contribution in [0.2, 0.25) is 0 Å². The van der Waals surface area contributed by atoms with Crippen LogP contribution < -0.4 is 10.2 Å². The van der Waals surface area contributed by atoms with Crippen LogP contribution in [0.25, 0.3) is 11.3 Å². The van der Waals surface area contributed by atoms with Crippen LogP contribution in [0.3, 0.4) is 0 Å². The maximum atomic E-state index is 12.0. The van der Waals surface area contributed by atoms with Gasteiger partial charge < -0.3 is 19.4 Å². The number of benzene rings is 1. The van der Waals surface area contributed by atoms with Crippen molar-refractivity contribution in [3.8, 4) is 11.3 Å². The van der Waals surface area contributed by atoms with Crippen LogP contribution in [0, 0.1) is 0 Å². The lowest BCUT2D eigenvalue weighted by atomic mass is 10.1. The van der Waals surface area contributed by atoms with Crippen molar-refractivity contribution in [2.75, 3.05) is 26.1 Å². The van der Waals surface area contributed by atoms with Crippen molar-refractivity contribution in [1.29, 1.82) is 0 Å². The third-order valence-electron chi connectivity index (χ3n) is 3.71. The number of rotatable bonds is 8. The minimum atomic E-state index is -0.617. The van der Waals surface area contributed by atoms with Gasteiger partial charge in [-0.2, -0.15) is 0 Å². The zero-order valence-corrected chi connectivity index (χ0v) is 15.2. The summed E-state index contributed by atoms with van der Waals surface area (Å²) in [6.07, 6.45) is 2.61. The molecule has 0 aliphatic carbocycles. The summed E-state index contributed by atoms with van der Waals surface area (Å²) in [5, 5.41) is 2.71. The molecule has 1 aromatic heterocycles. The van der Waals surface area contributed by atoms with E-state index in [4.69, 9.17) is 9.15 Å². The van der Waals surface area contributed by atoms with E-state index in [2.05, 4.69) is 16.9 Å². The maximum absolute atomic E-state index is 12.0. The highest BCUT2D eigenvalue weighted by Crippen LogP contribution is 2.26. The Morgan fingerprint density at radius 3 is 2.58 bits per heavy atom. The number of oxazole rings is 1. The average Bonchev–Trinajstić information content (AvgIpc) is 3.08. The third-order valence-corrected chi connectivity index (χ3v) is 3.71. The van der Waals surface area contributed by atoms with Crippen LogP contribution in [0.1, 0.15) is 29.3 Å². The minimum absolute atomic E-state index is 0.0143. The number of carbonyl (C=O) groups is 2. The number of methoxy groups -OCH3 is 1. The van der Waals surface area contributed by atoms with Crippen LogP contribution in [-0.4, -0.2) is 38.1 Å². The van der Waals surface area contributed by atoms with Gasteiger partial charge in [-0.1, -0.05) is 18.2 Å². The predicted octanol–water partition coefficient (Wildman–Crippen LogP) is 2.78. The molecule has 0 bridgehead atoms. The molecular weight excluding hydrogens is 334 g/mol. The molecule has 7 nitrogen and oxygen atoms in total. The summed E-state index contributed by atoms with van der Waals surface area (Å²) >= 11 is 0. The molecule has 0 unspecified atom stereocenters. The van der Waals surface area contributed by atoms with Crippen LogP contribution >= 0.6 is 0 Å². The van der Waals surface area contributed by atoms with E-state index < -0.39 is 5.97 Å². The van der Waals surface area contributed by atoms with Crippen molar-refractivity contribution >= 4 is 17.6 Å². The van der Waals surface area contributed by atoms with Crippen molar-refractivity contribution in [2.45, 2.75) is 19.4 Å². The van der Waals surface area contributed by atoms with Crippen molar-refractivity contribution in [2.24, 2.45) is 0 Å². The number of hydrogen-bond acceptors (Lipinski definition) is 6. The first kappa shape index (κ1) is 19.2. The molecule has 1 amide bonds. The Morgan fingerprint density at radius 2 is 2.00 bits per heavy atom. The molecule has 1 heterocycles. The number of nitrogens with one attached hydrogen (secondary N) is 1. The van der Waals surface area contributed by atoms with Crippen molar-refractivity contribution in [3.05, 3.63) is 48.6 Å². The highest BCUT2D eigenvalue weighted by Gasteiger charge is 2.22. The number of aromatic nitrogens is 1. The molecule has 1 N–H and O–H groups in total. The second kappa shape index (κ2) is 8.84. The van der Waals surface area contributed by atoms with Crippen LogP contribution in [0.5, 0.6) is 0 Å². The molecule has 0 saturated heterocycles. The highest BCUT2D eigenvalue weighted by molar-refractivity contribution is 5.93. The second-order valence-electron chi connectivity index (χ2n) is 5.82. The van der Waals surface area contributed by atoms with Gasteiger partial charge in [-0.05, 0) is 18.6 Å². The Morgan fingerprint density at radius 1 is 1.31 bits per heavy atom. The lowest BCUT2D eigenvalue weighted by molar-refractivity contribution is -0.121. The summed E-state index contributed by atoms with van der Waals surface area (Å²) in [5.41, 5.74) is 2.13. The first-order chi connectivity index (χ1) is 12.5. The number of esters is 1. The maximum Gasteiger partial charge on any atom is 0.376 e. The topological polar surface area (TPSA) is 84.7 Å². The lowest BCUT2D eigenvalue weighted by Crippen LogP contribution is -2.22. The van der Waals surface area contributed by atoms with Crippen molar-refractivity contribution in [1.82, 2.24) is 10.3 Å². The lowest BCUT2D eigenvalue weighted by Gasteiger charge is -2.12. The van der Waals surface area contributed by atoms with E-state index >= 15 is 0 Å². The standard InChI is InChI=1S/C19H23N3O4/c1-5-6-7-15(23)20-12-16-21-17(18(26-16)19(24)25-4)13-8-10-14(11-9-13)22(2)3/h5,8-11H,1,6-7,12H2,2-4H3,(H,20,23). The molecule has 0 aliphatic rings.